The first-order valence-corrected chi connectivity index (χ1v) is 7.88. The largest absolute Gasteiger partial charge is 0.504 e. The molecule has 4 nitrogen and oxygen atoms in total. The molecule has 0 aliphatic heterocycles. The molecule has 0 fully saturated rings. The van der Waals surface area contributed by atoms with Crippen molar-refractivity contribution in [2.75, 3.05) is 12.4 Å². The number of phenolic OH excluding ortho intramolecular Hbond substituents is 1. The second-order valence-corrected chi connectivity index (χ2v) is 5.60. The number of hydrogen-bond donors (Lipinski definition) is 2. The number of benzene rings is 3. The summed E-state index contributed by atoms with van der Waals surface area (Å²) in [4.78, 5) is 12.3. The zero-order valence-electron chi connectivity index (χ0n) is 13.8. The number of rotatable bonds is 5. The first kappa shape index (κ1) is 16.6. The van der Waals surface area contributed by atoms with Crippen LogP contribution >= 0.6 is 0 Å². The smallest absolute Gasteiger partial charge is 0.228 e. The van der Waals surface area contributed by atoms with Gasteiger partial charge in [-0.15, -0.1) is 0 Å². The molecule has 3 aromatic carbocycles. The summed E-state index contributed by atoms with van der Waals surface area (Å²) in [6.07, 6.45) is 0.194. The number of nitrogens with one attached hydrogen (secondary N) is 1. The topological polar surface area (TPSA) is 58.6 Å². The predicted octanol–water partition coefficient (Wildman–Crippen LogP) is 4.05. The normalized spacial score (nSPS) is 10.3. The Labute approximate surface area is 146 Å². The summed E-state index contributed by atoms with van der Waals surface area (Å²) in [6.45, 7) is 0. The fraction of sp³-hybridized carbons (Fsp3) is 0.0952. The van der Waals surface area contributed by atoms with Crippen LogP contribution in [0.4, 0.5) is 5.69 Å². The fourth-order valence-corrected chi connectivity index (χ4v) is 2.57. The number of ether oxygens (including phenoxy) is 1. The third-order valence-electron chi connectivity index (χ3n) is 3.80. The third kappa shape index (κ3) is 4.18. The zero-order chi connectivity index (χ0) is 17.6. The van der Waals surface area contributed by atoms with E-state index < -0.39 is 0 Å². The average molecular weight is 332 g/mol. The van der Waals surface area contributed by atoms with Gasteiger partial charge in [-0.3, -0.25) is 4.79 Å². The molecule has 0 saturated carbocycles. The molecule has 0 heterocycles. The molecule has 1 radical (unpaired) electrons. The van der Waals surface area contributed by atoms with Gasteiger partial charge >= 0.3 is 0 Å². The molecule has 3 aromatic rings. The van der Waals surface area contributed by atoms with Gasteiger partial charge in [0.25, 0.3) is 0 Å². The molecule has 0 aliphatic rings. The molecular weight excluding hydrogens is 314 g/mol. The van der Waals surface area contributed by atoms with Crippen molar-refractivity contribution in [3.63, 3.8) is 0 Å². The first-order chi connectivity index (χ1) is 12.2. The van der Waals surface area contributed by atoms with Gasteiger partial charge in [0.2, 0.25) is 5.91 Å². The van der Waals surface area contributed by atoms with Crippen LogP contribution in [0.5, 0.6) is 11.5 Å². The van der Waals surface area contributed by atoms with Gasteiger partial charge in [-0.2, -0.15) is 0 Å². The summed E-state index contributed by atoms with van der Waals surface area (Å²) >= 11 is 0. The summed E-state index contributed by atoms with van der Waals surface area (Å²) in [5.41, 5.74) is 3.56. The molecule has 0 saturated heterocycles. The van der Waals surface area contributed by atoms with Gasteiger partial charge in [0.05, 0.1) is 13.5 Å². The van der Waals surface area contributed by atoms with Crippen molar-refractivity contribution in [1.82, 2.24) is 0 Å². The van der Waals surface area contributed by atoms with E-state index in [0.29, 0.717) is 5.75 Å². The Bertz CT molecular complexity index is 875. The number of carbonyl (C=O) groups is 1. The van der Waals surface area contributed by atoms with Gasteiger partial charge in [0, 0.05) is 5.69 Å². The molecule has 0 spiro atoms. The SMILES string of the molecule is COc1cc(CC(=O)Nc2cccc(-c3c[c]ccc3)c2)ccc1O. The van der Waals surface area contributed by atoms with Crippen LogP contribution in [-0.4, -0.2) is 18.1 Å². The standard InChI is InChI=1S/C21H18NO3/c1-25-20-12-15(10-11-19(20)23)13-21(24)22-18-9-5-8-17(14-18)16-6-3-2-4-7-16/h2-3,5-12,14,23H,13H2,1H3,(H,22,24). The zero-order valence-corrected chi connectivity index (χ0v) is 13.8. The molecule has 2 N–H and O–H groups in total. The average Bonchev–Trinajstić information content (AvgIpc) is 2.64. The molecule has 125 valence electrons. The Morgan fingerprint density at radius 2 is 1.96 bits per heavy atom. The van der Waals surface area contributed by atoms with Crippen LogP contribution in [0.3, 0.4) is 0 Å². The van der Waals surface area contributed by atoms with E-state index in [1.165, 1.54) is 13.2 Å². The minimum Gasteiger partial charge on any atom is -0.504 e. The summed E-state index contributed by atoms with van der Waals surface area (Å²) in [7, 11) is 1.48. The van der Waals surface area contributed by atoms with Crippen molar-refractivity contribution in [1.29, 1.82) is 0 Å². The maximum atomic E-state index is 12.3. The van der Waals surface area contributed by atoms with Crippen molar-refractivity contribution in [2.24, 2.45) is 0 Å². The van der Waals surface area contributed by atoms with Crippen molar-refractivity contribution in [3.05, 3.63) is 78.4 Å². The Balaban J connectivity index is 1.71. The number of hydrogen-bond acceptors (Lipinski definition) is 3. The van der Waals surface area contributed by atoms with Gasteiger partial charge in [0.1, 0.15) is 0 Å². The highest BCUT2D eigenvalue weighted by atomic mass is 16.5. The number of methoxy groups -OCH3 is 1. The quantitative estimate of drug-likeness (QED) is 0.741. The number of anilines is 1. The maximum Gasteiger partial charge on any atom is 0.228 e. The van der Waals surface area contributed by atoms with Crippen molar-refractivity contribution >= 4 is 11.6 Å². The van der Waals surface area contributed by atoms with Crippen LogP contribution in [-0.2, 0) is 11.2 Å². The second-order valence-electron chi connectivity index (χ2n) is 5.60. The lowest BCUT2D eigenvalue weighted by Gasteiger charge is -2.09. The molecule has 3 rings (SSSR count). The Morgan fingerprint density at radius 3 is 2.72 bits per heavy atom. The number of aromatic hydroxyl groups is 1. The summed E-state index contributed by atoms with van der Waals surface area (Å²) in [6, 6.07) is 23.3. The van der Waals surface area contributed by atoms with E-state index in [-0.39, 0.29) is 18.1 Å². The predicted molar refractivity (Wildman–Crippen MR) is 97.7 cm³/mol. The van der Waals surface area contributed by atoms with E-state index in [2.05, 4.69) is 11.4 Å². The van der Waals surface area contributed by atoms with E-state index >= 15 is 0 Å². The highest BCUT2D eigenvalue weighted by Crippen LogP contribution is 2.27. The van der Waals surface area contributed by atoms with E-state index in [0.717, 1.165) is 22.4 Å². The minimum absolute atomic E-state index is 0.0547. The number of amides is 1. The molecule has 0 aliphatic carbocycles. The van der Waals surface area contributed by atoms with Crippen molar-refractivity contribution in [2.45, 2.75) is 6.42 Å². The lowest BCUT2D eigenvalue weighted by atomic mass is 10.1. The van der Waals surface area contributed by atoms with Gasteiger partial charge < -0.3 is 15.2 Å². The minimum atomic E-state index is -0.135. The van der Waals surface area contributed by atoms with Gasteiger partial charge in [0.15, 0.2) is 11.5 Å². The van der Waals surface area contributed by atoms with Crippen LogP contribution in [0.15, 0.2) is 66.7 Å². The molecule has 0 atom stereocenters. The highest BCUT2D eigenvalue weighted by Gasteiger charge is 2.08. The molecule has 4 heteroatoms. The fourth-order valence-electron chi connectivity index (χ4n) is 2.57. The van der Waals surface area contributed by atoms with Gasteiger partial charge in [-0.25, -0.2) is 0 Å². The van der Waals surface area contributed by atoms with Gasteiger partial charge in [-0.1, -0.05) is 36.4 Å². The molecular formula is C21H18NO3. The molecule has 1 amide bonds. The van der Waals surface area contributed by atoms with E-state index in [9.17, 15) is 9.90 Å². The van der Waals surface area contributed by atoms with E-state index in [1.807, 2.05) is 48.5 Å². The monoisotopic (exact) mass is 332 g/mol. The molecule has 0 unspecified atom stereocenters. The first-order valence-electron chi connectivity index (χ1n) is 7.88. The van der Waals surface area contributed by atoms with Crippen LogP contribution < -0.4 is 10.1 Å². The number of carbonyl (C=O) groups excluding carboxylic acids is 1. The van der Waals surface area contributed by atoms with Crippen LogP contribution in [0, 0.1) is 6.07 Å². The number of phenols is 1. The van der Waals surface area contributed by atoms with E-state index in [4.69, 9.17) is 4.74 Å². The lowest BCUT2D eigenvalue weighted by molar-refractivity contribution is -0.115. The Morgan fingerprint density at radius 1 is 1.12 bits per heavy atom. The summed E-state index contributed by atoms with van der Waals surface area (Å²) in [5.74, 6) is 0.274. The van der Waals surface area contributed by atoms with Crippen LogP contribution in [0.2, 0.25) is 0 Å². The van der Waals surface area contributed by atoms with Crippen molar-refractivity contribution < 1.29 is 14.6 Å². The Hall–Kier alpha value is -3.27. The van der Waals surface area contributed by atoms with Crippen molar-refractivity contribution in [3.8, 4) is 22.6 Å². The maximum absolute atomic E-state index is 12.3. The van der Waals surface area contributed by atoms with Crippen LogP contribution in [0.25, 0.3) is 11.1 Å². The summed E-state index contributed by atoms with van der Waals surface area (Å²) in [5, 5.41) is 12.5. The summed E-state index contributed by atoms with van der Waals surface area (Å²) < 4.78 is 5.07. The van der Waals surface area contributed by atoms with Gasteiger partial charge in [-0.05, 0) is 53.1 Å². The highest BCUT2D eigenvalue weighted by molar-refractivity contribution is 5.93. The third-order valence-corrected chi connectivity index (χ3v) is 3.80. The lowest BCUT2D eigenvalue weighted by Crippen LogP contribution is -2.14. The van der Waals surface area contributed by atoms with Crippen LogP contribution in [0.1, 0.15) is 5.56 Å². The molecule has 25 heavy (non-hydrogen) atoms. The van der Waals surface area contributed by atoms with E-state index in [1.54, 1.807) is 12.1 Å². The molecule has 0 aromatic heterocycles. The second kappa shape index (κ2) is 7.53. The molecule has 0 bridgehead atoms. The Kier molecular flexibility index (Phi) is 5.00.